The molecule has 128 valence electrons. The van der Waals surface area contributed by atoms with Crippen LogP contribution in [0.4, 0.5) is 0 Å². The number of hydrogen-bond acceptors (Lipinski definition) is 4. The molecular formula is C16H19Cl2N5O. The summed E-state index contributed by atoms with van der Waals surface area (Å²) in [6.07, 6.45) is 2.11. The molecule has 1 fully saturated rings. The van der Waals surface area contributed by atoms with E-state index in [9.17, 15) is 4.79 Å². The van der Waals surface area contributed by atoms with Crippen molar-refractivity contribution in [2.24, 2.45) is 5.92 Å². The summed E-state index contributed by atoms with van der Waals surface area (Å²) in [5, 5.41) is 11.4. The first kappa shape index (κ1) is 17.2. The van der Waals surface area contributed by atoms with Crippen molar-refractivity contribution < 1.29 is 4.79 Å². The topological polar surface area (TPSA) is 71.8 Å². The lowest BCUT2D eigenvalue weighted by Gasteiger charge is -2.08. The van der Waals surface area contributed by atoms with Gasteiger partial charge in [-0.1, -0.05) is 29.3 Å². The van der Waals surface area contributed by atoms with Gasteiger partial charge in [-0.15, -0.1) is 5.10 Å². The number of para-hydroxylation sites is 1. The number of halogens is 2. The van der Waals surface area contributed by atoms with E-state index in [2.05, 4.69) is 20.7 Å². The molecule has 0 saturated carbocycles. The van der Waals surface area contributed by atoms with Gasteiger partial charge in [-0.2, -0.15) is 0 Å². The molecule has 1 atom stereocenters. The lowest BCUT2D eigenvalue weighted by Crippen LogP contribution is -2.27. The van der Waals surface area contributed by atoms with Crippen LogP contribution in [0, 0.1) is 12.8 Å². The number of amides is 1. The molecule has 6 nitrogen and oxygen atoms in total. The van der Waals surface area contributed by atoms with Crippen molar-refractivity contribution in [3.8, 4) is 5.69 Å². The summed E-state index contributed by atoms with van der Waals surface area (Å²) in [4.78, 5) is 16.5. The van der Waals surface area contributed by atoms with Crippen LogP contribution in [0.2, 0.25) is 10.0 Å². The first-order valence-corrected chi connectivity index (χ1v) is 8.69. The Morgan fingerprint density at radius 1 is 1.42 bits per heavy atom. The Morgan fingerprint density at radius 2 is 2.17 bits per heavy atom. The average molecular weight is 368 g/mol. The van der Waals surface area contributed by atoms with Crippen molar-refractivity contribution in [2.45, 2.75) is 19.8 Å². The summed E-state index contributed by atoms with van der Waals surface area (Å²) in [6.45, 7) is 4.45. The predicted octanol–water partition coefficient (Wildman–Crippen LogP) is 2.61. The summed E-state index contributed by atoms with van der Waals surface area (Å²) in [5.74, 6) is 1.01. The monoisotopic (exact) mass is 367 g/mol. The number of aryl methyl sites for hydroxylation is 1. The zero-order valence-electron chi connectivity index (χ0n) is 13.4. The number of nitrogens with zero attached hydrogens (tertiary/aromatic N) is 3. The number of benzene rings is 1. The fourth-order valence-corrected chi connectivity index (χ4v) is 3.38. The molecule has 8 heteroatoms. The molecule has 1 aromatic carbocycles. The van der Waals surface area contributed by atoms with Crippen LogP contribution in [-0.4, -0.2) is 40.3 Å². The molecule has 0 bridgehead atoms. The van der Waals surface area contributed by atoms with E-state index >= 15 is 0 Å². The van der Waals surface area contributed by atoms with Crippen LogP contribution in [0.5, 0.6) is 0 Å². The third-order valence-electron chi connectivity index (χ3n) is 4.12. The highest BCUT2D eigenvalue weighted by Gasteiger charge is 2.19. The molecule has 1 amide bonds. The Bertz CT molecular complexity index is 720. The largest absolute Gasteiger partial charge is 0.349 e. The van der Waals surface area contributed by atoms with Crippen LogP contribution < -0.4 is 10.6 Å². The zero-order valence-corrected chi connectivity index (χ0v) is 14.9. The van der Waals surface area contributed by atoms with E-state index in [0.29, 0.717) is 34.0 Å². The number of carbonyl (C=O) groups is 1. The van der Waals surface area contributed by atoms with E-state index in [0.717, 1.165) is 25.9 Å². The molecule has 2 aromatic rings. The minimum absolute atomic E-state index is 0.119. The Balaban J connectivity index is 1.70. The van der Waals surface area contributed by atoms with Gasteiger partial charge in [-0.3, -0.25) is 4.79 Å². The van der Waals surface area contributed by atoms with E-state index in [1.165, 1.54) is 4.68 Å². The van der Waals surface area contributed by atoms with Gasteiger partial charge in [-0.05, 0) is 50.9 Å². The maximum Gasteiger partial charge on any atom is 0.290 e. The second-order valence-electron chi connectivity index (χ2n) is 5.87. The van der Waals surface area contributed by atoms with Crippen molar-refractivity contribution in [1.82, 2.24) is 25.4 Å². The maximum absolute atomic E-state index is 12.3. The maximum atomic E-state index is 12.3. The van der Waals surface area contributed by atoms with Crippen LogP contribution in [0.15, 0.2) is 18.2 Å². The molecule has 1 aromatic heterocycles. The smallest absolute Gasteiger partial charge is 0.290 e. The molecule has 0 radical (unpaired) electrons. The molecule has 0 aliphatic carbocycles. The fourth-order valence-electron chi connectivity index (χ4n) is 2.82. The molecule has 24 heavy (non-hydrogen) atoms. The summed E-state index contributed by atoms with van der Waals surface area (Å²) in [5.41, 5.74) is 0.530. The van der Waals surface area contributed by atoms with E-state index < -0.39 is 0 Å². The predicted molar refractivity (Wildman–Crippen MR) is 94.0 cm³/mol. The summed E-state index contributed by atoms with van der Waals surface area (Å²) in [7, 11) is 0. The van der Waals surface area contributed by atoms with Crippen molar-refractivity contribution in [3.63, 3.8) is 0 Å². The van der Waals surface area contributed by atoms with Gasteiger partial charge in [0.05, 0.1) is 10.0 Å². The number of nitrogens with one attached hydrogen (secondary N) is 2. The standard InChI is InChI=1S/C16H19Cl2N5O/c1-10-21-15(16(24)20-8-6-11-5-7-19-9-11)22-23(10)14-12(17)3-2-4-13(14)18/h2-4,11,19H,5-9H2,1H3,(H,20,24). The van der Waals surface area contributed by atoms with Gasteiger partial charge in [-0.25, -0.2) is 9.67 Å². The highest BCUT2D eigenvalue weighted by molar-refractivity contribution is 6.37. The average Bonchev–Trinajstić information content (AvgIpc) is 3.17. The Morgan fingerprint density at radius 3 is 2.83 bits per heavy atom. The van der Waals surface area contributed by atoms with E-state index in [1.54, 1.807) is 25.1 Å². The summed E-state index contributed by atoms with van der Waals surface area (Å²) >= 11 is 12.4. The van der Waals surface area contributed by atoms with Crippen molar-refractivity contribution in [3.05, 3.63) is 39.9 Å². The number of hydrogen-bond donors (Lipinski definition) is 2. The molecule has 1 unspecified atom stereocenters. The molecular weight excluding hydrogens is 349 g/mol. The molecule has 1 aliphatic heterocycles. The van der Waals surface area contributed by atoms with Gasteiger partial charge < -0.3 is 10.6 Å². The molecule has 0 spiro atoms. The number of rotatable bonds is 5. The lowest BCUT2D eigenvalue weighted by atomic mass is 10.1. The van der Waals surface area contributed by atoms with Gasteiger partial charge >= 0.3 is 0 Å². The quantitative estimate of drug-likeness (QED) is 0.851. The van der Waals surface area contributed by atoms with Crippen LogP contribution in [0.25, 0.3) is 5.69 Å². The Labute approximate surface area is 150 Å². The van der Waals surface area contributed by atoms with Crippen molar-refractivity contribution >= 4 is 29.1 Å². The van der Waals surface area contributed by atoms with E-state index in [-0.39, 0.29) is 11.7 Å². The SMILES string of the molecule is Cc1nc(C(=O)NCCC2CCNC2)nn1-c1c(Cl)cccc1Cl. The Kier molecular flexibility index (Phi) is 5.38. The highest BCUT2D eigenvalue weighted by atomic mass is 35.5. The third kappa shape index (κ3) is 3.71. The second-order valence-corrected chi connectivity index (χ2v) is 6.68. The Hall–Kier alpha value is -1.63. The fraction of sp³-hybridized carbons (Fsp3) is 0.438. The van der Waals surface area contributed by atoms with E-state index in [1.807, 2.05) is 0 Å². The molecule has 2 heterocycles. The van der Waals surface area contributed by atoms with Crippen LogP contribution >= 0.6 is 23.2 Å². The normalized spacial score (nSPS) is 17.2. The van der Waals surface area contributed by atoms with Crippen molar-refractivity contribution in [2.75, 3.05) is 19.6 Å². The van der Waals surface area contributed by atoms with Gasteiger partial charge in [0.25, 0.3) is 5.91 Å². The number of aromatic nitrogens is 3. The molecule has 1 saturated heterocycles. The lowest BCUT2D eigenvalue weighted by molar-refractivity contribution is 0.0941. The minimum atomic E-state index is -0.286. The van der Waals surface area contributed by atoms with E-state index in [4.69, 9.17) is 23.2 Å². The second kappa shape index (κ2) is 7.51. The zero-order chi connectivity index (χ0) is 17.1. The van der Waals surface area contributed by atoms with Crippen LogP contribution in [0.3, 0.4) is 0 Å². The molecule has 1 aliphatic rings. The molecule has 3 rings (SSSR count). The van der Waals surface area contributed by atoms with Gasteiger partial charge in [0.1, 0.15) is 11.5 Å². The van der Waals surface area contributed by atoms with Crippen molar-refractivity contribution in [1.29, 1.82) is 0 Å². The first-order chi connectivity index (χ1) is 11.6. The van der Waals surface area contributed by atoms with Gasteiger partial charge in [0.15, 0.2) is 0 Å². The number of carbonyl (C=O) groups excluding carboxylic acids is 1. The van der Waals surface area contributed by atoms with Gasteiger partial charge in [0.2, 0.25) is 5.82 Å². The van der Waals surface area contributed by atoms with Gasteiger partial charge in [0, 0.05) is 6.54 Å². The highest BCUT2D eigenvalue weighted by Crippen LogP contribution is 2.28. The third-order valence-corrected chi connectivity index (χ3v) is 4.73. The summed E-state index contributed by atoms with van der Waals surface area (Å²) < 4.78 is 1.50. The first-order valence-electron chi connectivity index (χ1n) is 7.93. The van der Waals surface area contributed by atoms with Crippen LogP contribution in [-0.2, 0) is 0 Å². The molecule has 2 N–H and O–H groups in total. The minimum Gasteiger partial charge on any atom is -0.349 e. The summed E-state index contributed by atoms with van der Waals surface area (Å²) in [6, 6.07) is 5.20. The van der Waals surface area contributed by atoms with Crippen LogP contribution in [0.1, 0.15) is 29.3 Å².